The second-order valence-corrected chi connectivity index (χ2v) is 5.31. The minimum absolute atomic E-state index is 0.243. The lowest BCUT2D eigenvalue weighted by atomic mass is 9.70. The van der Waals surface area contributed by atoms with E-state index in [4.69, 9.17) is 0 Å². The number of allylic oxidation sites excluding steroid dienone is 3. The van der Waals surface area contributed by atoms with Gasteiger partial charge in [0.1, 0.15) is 0 Å². The zero-order chi connectivity index (χ0) is 11.2. The Morgan fingerprint density at radius 3 is 2.62 bits per heavy atom. The Bertz CT molecular complexity index is 518. The van der Waals surface area contributed by atoms with Crippen molar-refractivity contribution in [3.8, 4) is 0 Å². The molecule has 2 aliphatic carbocycles. The zero-order valence-corrected chi connectivity index (χ0v) is 10.3. The highest BCUT2D eigenvalue weighted by atomic mass is 79.9. The molecule has 0 atom stereocenters. The van der Waals surface area contributed by atoms with Gasteiger partial charge in [0.15, 0.2) is 5.78 Å². The predicted octanol–water partition coefficient (Wildman–Crippen LogP) is 3.63. The summed E-state index contributed by atoms with van der Waals surface area (Å²) in [7, 11) is 0. The van der Waals surface area contributed by atoms with Gasteiger partial charge < -0.3 is 0 Å². The van der Waals surface area contributed by atoms with E-state index in [-0.39, 0.29) is 11.2 Å². The first kappa shape index (κ1) is 10.0. The van der Waals surface area contributed by atoms with Gasteiger partial charge in [0.2, 0.25) is 0 Å². The van der Waals surface area contributed by atoms with E-state index < -0.39 is 0 Å². The Balaban J connectivity index is 2.22. The minimum atomic E-state index is -0.301. The Kier molecular flexibility index (Phi) is 2.15. The first-order chi connectivity index (χ1) is 7.72. The summed E-state index contributed by atoms with van der Waals surface area (Å²) in [6.07, 6.45) is 9.55. The van der Waals surface area contributed by atoms with Gasteiger partial charge in [-0.15, -0.1) is 0 Å². The molecule has 0 saturated carbocycles. The summed E-state index contributed by atoms with van der Waals surface area (Å²) in [4.78, 5) is 12.1. The lowest BCUT2D eigenvalue weighted by Crippen LogP contribution is -2.34. The summed E-state index contributed by atoms with van der Waals surface area (Å²) in [5.41, 5.74) is 2.04. The van der Waals surface area contributed by atoms with E-state index in [1.165, 1.54) is 5.56 Å². The van der Waals surface area contributed by atoms with E-state index >= 15 is 0 Å². The summed E-state index contributed by atoms with van der Waals surface area (Å²) in [6.45, 7) is 0. The number of halogens is 1. The van der Waals surface area contributed by atoms with Gasteiger partial charge >= 0.3 is 0 Å². The van der Waals surface area contributed by atoms with Crippen LogP contribution < -0.4 is 0 Å². The highest BCUT2D eigenvalue weighted by molar-refractivity contribution is 9.10. The molecule has 1 aromatic carbocycles. The van der Waals surface area contributed by atoms with E-state index in [1.807, 2.05) is 12.1 Å². The Morgan fingerprint density at radius 2 is 1.88 bits per heavy atom. The number of carbonyl (C=O) groups excluding carboxylic acids is 1. The van der Waals surface area contributed by atoms with Gasteiger partial charge in [0, 0.05) is 4.47 Å². The molecular formula is C14H11BrO. The van der Waals surface area contributed by atoms with Crippen LogP contribution in [0.25, 0.3) is 6.08 Å². The first-order valence-electron chi connectivity index (χ1n) is 5.40. The highest BCUT2D eigenvalue weighted by Crippen LogP contribution is 2.43. The molecule has 1 spiro atoms. The van der Waals surface area contributed by atoms with Crippen LogP contribution in [0.1, 0.15) is 24.0 Å². The number of fused-ring (bicyclic) bond motifs is 2. The molecule has 0 aromatic heterocycles. The molecule has 0 aliphatic heterocycles. The van der Waals surface area contributed by atoms with E-state index in [2.05, 4.69) is 40.2 Å². The van der Waals surface area contributed by atoms with Gasteiger partial charge in [-0.1, -0.05) is 40.2 Å². The smallest absolute Gasteiger partial charge is 0.166 e. The molecule has 0 unspecified atom stereocenters. The van der Waals surface area contributed by atoms with Gasteiger partial charge in [-0.3, -0.25) is 4.79 Å². The average molecular weight is 275 g/mol. The number of rotatable bonds is 0. The number of hydrogen-bond donors (Lipinski definition) is 0. The van der Waals surface area contributed by atoms with Gasteiger partial charge in [-0.05, 0) is 42.2 Å². The second-order valence-electron chi connectivity index (χ2n) is 4.39. The maximum Gasteiger partial charge on any atom is 0.166 e. The molecule has 0 radical (unpaired) electrons. The fourth-order valence-electron chi connectivity index (χ4n) is 2.64. The Labute approximate surface area is 103 Å². The van der Waals surface area contributed by atoms with Crippen LogP contribution in [0.15, 0.2) is 40.9 Å². The molecule has 2 heteroatoms. The molecule has 1 aromatic rings. The third-order valence-corrected chi connectivity index (χ3v) is 4.01. The second kappa shape index (κ2) is 3.42. The lowest BCUT2D eigenvalue weighted by molar-refractivity contribution is -0.119. The molecule has 80 valence electrons. The van der Waals surface area contributed by atoms with E-state index in [9.17, 15) is 4.79 Å². The molecule has 0 amide bonds. The third-order valence-electron chi connectivity index (χ3n) is 3.51. The Hall–Kier alpha value is -1.15. The molecule has 0 N–H and O–H groups in total. The highest BCUT2D eigenvalue weighted by Gasteiger charge is 2.41. The topological polar surface area (TPSA) is 17.1 Å². The lowest BCUT2D eigenvalue weighted by Gasteiger charge is -2.31. The third kappa shape index (κ3) is 1.26. The predicted molar refractivity (Wildman–Crippen MR) is 68.2 cm³/mol. The number of hydrogen-bond acceptors (Lipinski definition) is 1. The van der Waals surface area contributed by atoms with Gasteiger partial charge in [-0.25, -0.2) is 0 Å². The fraction of sp³-hybridized carbons (Fsp3) is 0.214. The Morgan fingerprint density at radius 1 is 1.12 bits per heavy atom. The van der Waals surface area contributed by atoms with Gasteiger partial charge in [0.25, 0.3) is 0 Å². The molecule has 0 heterocycles. The maximum atomic E-state index is 12.1. The van der Waals surface area contributed by atoms with Gasteiger partial charge in [-0.2, -0.15) is 0 Å². The molecule has 1 nitrogen and oxygen atoms in total. The molecule has 3 rings (SSSR count). The number of benzene rings is 1. The first-order valence-corrected chi connectivity index (χ1v) is 6.19. The van der Waals surface area contributed by atoms with Crippen LogP contribution in [0, 0.1) is 0 Å². The maximum absolute atomic E-state index is 12.1. The normalized spacial score (nSPS) is 20.4. The van der Waals surface area contributed by atoms with Crippen LogP contribution in [0.5, 0.6) is 0 Å². The molecule has 0 fully saturated rings. The van der Waals surface area contributed by atoms with Crippen molar-refractivity contribution in [3.05, 3.63) is 52.0 Å². The average Bonchev–Trinajstić information content (AvgIpc) is 2.74. The van der Waals surface area contributed by atoms with Crippen molar-refractivity contribution in [1.29, 1.82) is 0 Å². The molecule has 16 heavy (non-hydrogen) atoms. The summed E-state index contributed by atoms with van der Waals surface area (Å²) in [5.74, 6) is 0.243. The van der Waals surface area contributed by atoms with E-state index in [0.29, 0.717) is 0 Å². The standard InChI is InChI=1S/C14H11BrO/c15-11-4-5-12-10(9-11)3-6-13(16)14(12)7-1-2-8-14/h1-6,9H,7-8H2. The van der Waals surface area contributed by atoms with Crippen LogP contribution in [-0.2, 0) is 10.2 Å². The van der Waals surface area contributed by atoms with Crippen molar-refractivity contribution in [2.24, 2.45) is 0 Å². The van der Waals surface area contributed by atoms with E-state index in [1.54, 1.807) is 6.08 Å². The largest absolute Gasteiger partial charge is 0.294 e. The van der Waals surface area contributed by atoms with Crippen molar-refractivity contribution in [2.75, 3.05) is 0 Å². The van der Waals surface area contributed by atoms with Crippen molar-refractivity contribution in [3.63, 3.8) is 0 Å². The number of carbonyl (C=O) groups is 1. The summed E-state index contributed by atoms with van der Waals surface area (Å²) < 4.78 is 1.06. The van der Waals surface area contributed by atoms with Crippen molar-refractivity contribution < 1.29 is 4.79 Å². The minimum Gasteiger partial charge on any atom is -0.294 e. The zero-order valence-electron chi connectivity index (χ0n) is 8.74. The van der Waals surface area contributed by atoms with Crippen molar-refractivity contribution in [2.45, 2.75) is 18.3 Å². The van der Waals surface area contributed by atoms with Gasteiger partial charge in [0.05, 0.1) is 5.41 Å². The van der Waals surface area contributed by atoms with Crippen LogP contribution in [0.4, 0.5) is 0 Å². The molecule has 2 aliphatic rings. The van der Waals surface area contributed by atoms with Crippen molar-refractivity contribution >= 4 is 27.8 Å². The van der Waals surface area contributed by atoms with Crippen LogP contribution in [0.3, 0.4) is 0 Å². The summed E-state index contributed by atoms with van der Waals surface area (Å²) in [6, 6.07) is 6.18. The summed E-state index contributed by atoms with van der Waals surface area (Å²) >= 11 is 3.47. The summed E-state index contributed by atoms with van der Waals surface area (Å²) in [5, 5.41) is 0. The monoisotopic (exact) mass is 274 g/mol. The van der Waals surface area contributed by atoms with Crippen LogP contribution in [0.2, 0.25) is 0 Å². The van der Waals surface area contributed by atoms with Crippen LogP contribution >= 0.6 is 15.9 Å². The van der Waals surface area contributed by atoms with Crippen LogP contribution in [-0.4, -0.2) is 5.78 Å². The van der Waals surface area contributed by atoms with E-state index in [0.717, 1.165) is 22.9 Å². The quantitative estimate of drug-likeness (QED) is 0.661. The number of ketones is 1. The molecule has 0 saturated heterocycles. The van der Waals surface area contributed by atoms with Crippen molar-refractivity contribution in [1.82, 2.24) is 0 Å². The molecular weight excluding hydrogens is 264 g/mol. The molecule has 0 bridgehead atoms. The SMILES string of the molecule is O=C1C=Cc2cc(Br)ccc2C12CC=CC2. The fourth-order valence-corrected chi connectivity index (χ4v) is 3.02.